The van der Waals surface area contributed by atoms with Gasteiger partial charge in [0.25, 0.3) is 0 Å². The average molecular weight is 348 g/mol. The Kier molecular flexibility index (Phi) is 4.46. The number of nitrogens with two attached hydrogens (primary N) is 1. The van der Waals surface area contributed by atoms with Gasteiger partial charge in [0, 0.05) is 10.5 Å². The van der Waals surface area contributed by atoms with E-state index in [-0.39, 0.29) is 6.04 Å². The van der Waals surface area contributed by atoms with Crippen molar-refractivity contribution in [1.29, 1.82) is 0 Å². The highest BCUT2D eigenvalue weighted by Crippen LogP contribution is 2.35. The van der Waals surface area contributed by atoms with Crippen LogP contribution in [0.1, 0.15) is 23.6 Å². The Morgan fingerprint density at radius 3 is 2.62 bits per heavy atom. The van der Waals surface area contributed by atoms with Crippen LogP contribution in [0.5, 0.6) is 11.5 Å². The van der Waals surface area contributed by atoms with Gasteiger partial charge >= 0.3 is 0 Å². The minimum Gasteiger partial charge on any atom is -0.490 e. The number of ether oxygens (including phenoxy) is 2. The van der Waals surface area contributed by atoms with Crippen LogP contribution in [0.25, 0.3) is 0 Å². The van der Waals surface area contributed by atoms with E-state index in [1.165, 1.54) is 11.1 Å². The summed E-state index contributed by atoms with van der Waals surface area (Å²) in [5.41, 5.74) is 8.56. The smallest absolute Gasteiger partial charge is 0.123 e. The first-order valence-corrected chi connectivity index (χ1v) is 7.92. The fraction of sp³-hybridized carbons (Fsp3) is 0.294. The van der Waals surface area contributed by atoms with Crippen LogP contribution in [0.2, 0.25) is 0 Å². The van der Waals surface area contributed by atoms with Crippen LogP contribution in [0.3, 0.4) is 0 Å². The van der Waals surface area contributed by atoms with Crippen molar-refractivity contribution in [3.05, 3.63) is 58.1 Å². The van der Waals surface area contributed by atoms with Crippen LogP contribution in [0.15, 0.2) is 46.9 Å². The molecule has 0 aromatic heterocycles. The lowest BCUT2D eigenvalue weighted by Gasteiger charge is -2.12. The van der Waals surface area contributed by atoms with E-state index in [2.05, 4.69) is 22.0 Å². The zero-order valence-electron chi connectivity index (χ0n) is 11.7. The Morgan fingerprint density at radius 2 is 1.81 bits per heavy atom. The second kappa shape index (κ2) is 6.50. The Morgan fingerprint density at radius 1 is 1.05 bits per heavy atom. The van der Waals surface area contributed by atoms with Crippen LogP contribution in [-0.2, 0) is 6.42 Å². The van der Waals surface area contributed by atoms with Crippen molar-refractivity contribution >= 4 is 15.9 Å². The second-order valence-electron chi connectivity index (χ2n) is 5.12. The Labute approximate surface area is 133 Å². The summed E-state index contributed by atoms with van der Waals surface area (Å²) in [5.74, 6) is 1.79. The average Bonchev–Trinajstić information content (AvgIpc) is 2.88. The monoisotopic (exact) mass is 347 g/mol. The van der Waals surface area contributed by atoms with Crippen molar-refractivity contribution < 1.29 is 9.47 Å². The highest BCUT2D eigenvalue weighted by molar-refractivity contribution is 9.10. The highest BCUT2D eigenvalue weighted by Gasteiger charge is 2.21. The van der Waals surface area contributed by atoms with Gasteiger partial charge in [0.15, 0.2) is 0 Å². The molecule has 2 aromatic rings. The molecule has 1 atom stereocenters. The minimum absolute atomic E-state index is 0.155. The molecule has 3 rings (SSSR count). The van der Waals surface area contributed by atoms with Crippen molar-refractivity contribution in [2.24, 2.45) is 5.73 Å². The molecule has 2 aromatic carbocycles. The van der Waals surface area contributed by atoms with Crippen molar-refractivity contribution in [2.45, 2.75) is 18.9 Å². The van der Waals surface area contributed by atoms with E-state index in [1.54, 1.807) is 0 Å². The summed E-state index contributed by atoms with van der Waals surface area (Å²) in [6.45, 7) is 1.05. The number of rotatable bonds is 5. The Balaban J connectivity index is 1.53. The summed E-state index contributed by atoms with van der Waals surface area (Å²) in [4.78, 5) is 0. The summed E-state index contributed by atoms with van der Waals surface area (Å²) in [5, 5.41) is 0. The summed E-state index contributed by atoms with van der Waals surface area (Å²) < 4.78 is 12.5. The zero-order valence-corrected chi connectivity index (χ0v) is 13.3. The predicted octanol–water partition coefficient (Wildman–Crippen LogP) is 3.85. The van der Waals surface area contributed by atoms with Gasteiger partial charge in [0.05, 0.1) is 0 Å². The summed E-state index contributed by atoms with van der Waals surface area (Å²) in [6, 6.07) is 14.1. The minimum atomic E-state index is 0.155. The highest BCUT2D eigenvalue weighted by atomic mass is 79.9. The first-order valence-electron chi connectivity index (χ1n) is 7.12. The summed E-state index contributed by atoms with van der Waals surface area (Å²) in [6.07, 6.45) is 2.01. The molecule has 0 spiro atoms. The number of halogens is 1. The van der Waals surface area contributed by atoms with Gasteiger partial charge in [0.2, 0.25) is 0 Å². The lowest BCUT2D eigenvalue weighted by molar-refractivity contribution is 0.216. The van der Waals surface area contributed by atoms with Gasteiger partial charge in [-0.15, -0.1) is 0 Å². The van der Waals surface area contributed by atoms with Crippen molar-refractivity contribution in [1.82, 2.24) is 0 Å². The predicted molar refractivity (Wildman–Crippen MR) is 86.8 cm³/mol. The molecule has 21 heavy (non-hydrogen) atoms. The van der Waals surface area contributed by atoms with Gasteiger partial charge in [-0.3, -0.25) is 0 Å². The first kappa shape index (κ1) is 14.4. The summed E-state index contributed by atoms with van der Waals surface area (Å²) in [7, 11) is 0. The van der Waals surface area contributed by atoms with Crippen molar-refractivity contribution in [3.63, 3.8) is 0 Å². The van der Waals surface area contributed by atoms with Crippen molar-refractivity contribution in [3.8, 4) is 11.5 Å². The van der Waals surface area contributed by atoms with Crippen LogP contribution in [-0.4, -0.2) is 13.2 Å². The quantitative estimate of drug-likeness (QED) is 0.835. The molecule has 0 heterocycles. The maximum Gasteiger partial charge on any atom is 0.123 e. The topological polar surface area (TPSA) is 44.5 Å². The number of hydrogen-bond acceptors (Lipinski definition) is 3. The van der Waals surface area contributed by atoms with Gasteiger partial charge < -0.3 is 15.2 Å². The van der Waals surface area contributed by atoms with E-state index in [4.69, 9.17) is 15.2 Å². The second-order valence-corrected chi connectivity index (χ2v) is 6.04. The van der Waals surface area contributed by atoms with Crippen LogP contribution < -0.4 is 15.2 Å². The van der Waals surface area contributed by atoms with Crippen LogP contribution >= 0.6 is 15.9 Å². The lowest BCUT2D eigenvalue weighted by Crippen LogP contribution is -2.10. The fourth-order valence-electron chi connectivity index (χ4n) is 2.63. The molecular formula is C17H18BrNO2. The largest absolute Gasteiger partial charge is 0.490 e. The normalized spacial score (nSPS) is 16.6. The lowest BCUT2D eigenvalue weighted by atomic mass is 10.1. The third kappa shape index (κ3) is 3.39. The van der Waals surface area contributed by atoms with E-state index < -0.39 is 0 Å². The molecule has 1 unspecified atom stereocenters. The van der Waals surface area contributed by atoms with Crippen LogP contribution in [0.4, 0.5) is 0 Å². The first-order chi connectivity index (χ1) is 10.2. The molecule has 2 N–H and O–H groups in total. The number of hydrogen-bond donors (Lipinski definition) is 1. The molecule has 1 aliphatic carbocycles. The maximum absolute atomic E-state index is 6.07. The van der Waals surface area contributed by atoms with E-state index in [9.17, 15) is 0 Å². The van der Waals surface area contributed by atoms with Crippen molar-refractivity contribution in [2.75, 3.05) is 13.2 Å². The van der Waals surface area contributed by atoms with E-state index >= 15 is 0 Å². The van der Waals surface area contributed by atoms with E-state index in [0.29, 0.717) is 13.2 Å². The number of fused-ring (bicyclic) bond motifs is 1. The molecule has 110 valence electrons. The molecule has 0 aliphatic heterocycles. The zero-order chi connectivity index (χ0) is 14.7. The molecule has 4 heteroatoms. The van der Waals surface area contributed by atoms with Gasteiger partial charge in [-0.1, -0.05) is 28.1 Å². The van der Waals surface area contributed by atoms with Gasteiger partial charge in [0.1, 0.15) is 24.7 Å². The summed E-state index contributed by atoms with van der Waals surface area (Å²) >= 11 is 3.40. The Bertz CT molecular complexity index is 613. The third-order valence-corrected chi connectivity index (χ3v) is 4.23. The molecule has 0 bridgehead atoms. The van der Waals surface area contributed by atoms with Crippen LogP contribution in [0, 0.1) is 0 Å². The van der Waals surface area contributed by atoms with Gasteiger partial charge in [-0.05, 0) is 54.3 Å². The molecule has 0 fully saturated rings. The molecule has 0 saturated heterocycles. The number of benzene rings is 2. The van der Waals surface area contributed by atoms with E-state index in [1.807, 2.05) is 36.4 Å². The fourth-order valence-corrected chi connectivity index (χ4v) is 2.89. The maximum atomic E-state index is 6.07. The molecule has 1 aliphatic rings. The molecular weight excluding hydrogens is 330 g/mol. The molecule has 0 radical (unpaired) electrons. The van der Waals surface area contributed by atoms with Gasteiger partial charge in [-0.2, -0.15) is 0 Å². The van der Waals surface area contributed by atoms with E-state index in [0.717, 1.165) is 28.8 Å². The molecule has 3 nitrogen and oxygen atoms in total. The third-order valence-electron chi connectivity index (χ3n) is 3.70. The van der Waals surface area contributed by atoms with Gasteiger partial charge in [-0.25, -0.2) is 0 Å². The SMILES string of the molecule is NC1CCc2c(OCCOc3ccc(Br)cc3)cccc21. The molecule has 0 saturated carbocycles. The standard InChI is InChI=1S/C17H18BrNO2/c18-12-4-6-13(7-5-12)20-10-11-21-17-3-1-2-14-15(17)8-9-16(14)19/h1-7,16H,8-11,19H2. The molecule has 0 amide bonds. The Hall–Kier alpha value is -1.52.